The highest BCUT2D eigenvalue weighted by Crippen LogP contribution is 2.27. The van der Waals surface area contributed by atoms with Crippen LogP contribution in [0.15, 0.2) is 53.7 Å². The van der Waals surface area contributed by atoms with Crippen molar-refractivity contribution in [1.29, 1.82) is 0 Å². The first-order chi connectivity index (χ1) is 13.6. The zero-order chi connectivity index (χ0) is 19.5. The molecule has 3 aromatic rings. The molecule has 2 aromatic carbocycles. The Hall–Kier alpha value is -2.49. The number of nitrogens with one attached hydrogen (secondary N) is 1. The van der Waals surface area contributed by atoms with Crippen molar-refractivity contribution in [2.75, 3.05) is 31.3 Å². The van der Waals surface area contributed by atoms with E-state index in [4.69, 9.17) is 4.74 Å². The van der Waals surface area contributed by atoms with E-state index in [0.29, 0.717) is 16.6 Å². The van der Waals surface area contributed by atoms with Gasteiger partial charge in [-0.1, -0.05) is 30.0 Å². The van der Waals surface area contributed by atoms with Crippen LogP contribution in [0.5, 0.6) is 0 Å². The second kappa shape index (κ2) is 8.26. The molecule has 2 atom stereocenters. The van der Waals surface area contributed by atoms with Crippen molar-refractivity contribution in [2.45, 2.75) is 17.5 Å². The Labute approximate surface area is 166 Å². The molecule has 0 bridgehead atoms. The Morgan fingerprint density at radius 2 is 2.07 bits per heavy atom. The maximum absolute atomic E-state index is 13.5. The second-order valence-electron chi connectivity index (χ2n) is 6.70. The molecule has 0 aliphatic carbocycles. The van der Waals surface area contributed by atoms with Gasteiger partial charge in [-0.05, 0) is 46.3 Å². The molecule has 1 aliphatic heterocycles. The molecule has 0 saturated carbocycles. The number of thioether (sulfide) groups is 1. The van der Waals surface area contributed by atoms with Crippen LogP contribution in [0.2, 0.25) is 0 Å². The minimum Gasteiger partial charge on any atom is -0.378 e. The van der Waals surface area contributed by atoms with Crippen molar-refractivity contribution in [3.8, 4) is 5.69 Å². The van der Waals surface area contributed by atoms with Crippen LogP contribution in [-0.2, 0) is 4.74 Å². The van der Waals surface area contributed by atoms with E-state index in [1.54, 1.807) is 12.1 Å². The van der Waals surface area contributed by atoms with Crippen molar-refractivity contribution in [3.05, 3.63) is 59.9 Å². The molecule has 1 saturated heterocycles. The predicted octanol–water partition coefficient (Wildman–Crippen LogP) is 2.65. The largest absolute Gasteiger partial charge is 0.378 e. The lowest BCUT2D eigenvalue weighted by atomic mass is 10.2. The Bertz CT molecular complexity index is 932. The molecule has 28 heavy (non-hydrogen) atoms. The van der Waals surface area contributed by atoms with Crippen LogP contribution in [0.25, 0.3) is 5.69 Å². The van der Waals surface area contributed by atoms with Crippen molar-refractivity contribution in [1.82, 2.24) is 25.5 Å². The van der Waals surface area contributed by atoms with Gasteiger partial charge in [-0.2, -0.15) is 4.68 Å². The number of aromatic nitrogens is 4. The first kappa shape index (κ1) is 18.9. The van der Waals surface area contributed by atoms with Gasteiger partial charge in [0, 0.05) is 32.1 Å². The van der Waals surface area contributed by atoms with Crippen LogP contribution in [-0.4, -0.2) is 52.7 Å². The minimum atomic E-state index is -0.324. The molecular formula is C19H21FN6OS. The molecule has 4 rings (SSSR count). The number of benzene rings is 2. The lowest BCUT2D eigenvalue weighted by Crippen LogP contribution is -2.17. The van der Waals surface area contributed by atoms with E-state index in [0.717, 1.165) is 17.8 Å². The molecule has 1 N–H and O–H groups in total. The minimum absolute atomic E-state index is 0.0289. The molecule has 0 amide bonds. The molecule has 1 aromatic heterocycles. The SMILES string of the molecule is CN(C)c1ccc([C@@H]2NC[C@@H](CSc3nnnn3-c3cccc(F)c3)O2)cc1. The molecule has 0 spiro atoms. The topological polar surface area (TPSA) is 68.1 Å². The molecule has 2 heterocycles. The van der Waals surface area contributed by atoms with Gasteiger partial charge < -0.3 is 9.64 Å². The maximum Gasteiger partial charge on any atom is 0.214 e. The monoisotopic (exact) mass is 400 g/mol. The lowest BCUT2D eigenvalue weighted by molar-refractivity contribution is 0.0534. The predicted molar refractivity (Wildman–Crippen MR) is 106 cm³/mol. The summed E-state index contributed by atoms with van der Waals surface area (Å²) in [6.45, 7) is 0.745. The van der Waals surface area contributed by atoms with Gasteiger partial charge in [0.05, 0.1) is 11.8 Å². The average Bonchev–Trinajstić information content (AvgIpc) is 3.36. The molecule has 146 valence electrons. The Morgan fingerprint density at radius 3 is 2.82 bits per heavy atom. The summed E-state index contributed by atoms with van der Waals surface area (Å²) in [4.78, 5) is 2.06. The molecule has 1 fully saturated rings. The summed E-state index contributed by atoms with van der Waals surface area (Å²) < 4.78 is 21.1. The van der Waals surface area contributed by atoms with Crippen LogP contribution in [0.3, 0.4) is 0 Å². The van der Waals surface area contributed by atoms with Crippen LogP contribution in [0.1, 0.15) is 11.8 Å². The van der Waals surface area contributed by atoms with Crippen molar-refractivity contribution >= 4 is 17.4 Å². The van der Waals surface area contributed by atoms with Gasteiger partial charge >= 0.3 is 0 Å². The lowest BCUT2D eigenvalue weighted by Gasteiger charge is -2.16. The number of ether oxygens (including phenoxy) is 1. The van der Waals surface area contributed by atoms with E-state index in [9.17, 15) is 4.39 Å². The smallest absolute Gasteiger partial charge is 0.214 e. The zero-order valence-electron chi connectivity index (χ0n) is 15.6. The number of rotatable bonds is 6. The molecule has 0 radical (unpaired) electrons. The van der Waals surface area contributed by atoms with Gasteiger partial charge in [-0.15, -0.1) is 5.10 Å². The fourth-order valence-corrected chi connectivity index (χ4v) is 3.87. The maximum atomic E-state index is 13.5. The van der Waals surface area contributed by atoms with E-state index >= 15 is 0 Å². The summed E-state index contributed by atoms with van der Waals surface area (Å²) in [7, 11) is 4.04. The van der Waals surface area contributed by atoms with Crippen molar-refractivity contribution in [2.24, 2.45) is 0 Å². The summed E-state index contributed by atoms with van der Waals surface area (Å²) in [6, 6.07) is 14.5. The Kier molecular flexibility index (Phi) is 5.56. The molecule has 7 nitrogen and oxygen atoms in total. The molecule has 9 heteroatoms. The Balaban J connectivity index is 1.36. The third-order valence-electron chi connectivity index (χ3n) is 4.46. The molecule has 0 unspecified atom stereocenters. The van der Waals surface area contributed by atoms with E-state index in [1.165, 1.54) is 28.6 Å². The summed E-state index contributed by atoms with van der Waals surface area (Å²) in [6.07, 6.45) is -0.0952. The Morgan fingerprint density at radius 1 is 1.25 bits per heavy atom. The fraction of sp³-hybridized carbons (Fsp3) is 0.316. The highest BCUT2D eigenvalue weighted by Gasteiger charge is 2.26. The number of hydrogen-bond acceptors (Lipinski definition) is 7. The standard InChI is InChI=1S/C19H21FN6OS/c1-25(2)15-8-6-13(7-9-15)18-21-11-17(27-18)12-28-19-22-23-24-26(19)16-5-3-4-14(20)10-16/h3-10,17-18,21H,11-12H2,1-2H3/t17-,18+/m0/s1. The number of hydrogen-bond donors (Lipinski definition) is 1. The third kappa shape index (κ3) is 4.16. The highest BCUT2D eigenvalue weighted by atomic mass is 32.2. The first-order valence-electron chi connectivity index (χ1n) is 8.93. The van der Waals surface area contributed by atoms with Gasteiger partial charge in [0.2, 0.25) is 5.16 Å². The quantitative estimate of drug-likeness (QED) is 0.638. The van der Waals surface area contributed by atoms with Crippen LogP contribution >= 0.6 is 11.8 Å². The number of anilines is 1. The summed E-state index contributed by atoms with van der Waals surface area (Å²) in [5.74, 6) is 0.366. The van der Waals surface area contributed by atoms with Crippen LogP contribution in [0, 0.1) is 5.82 Å². The van der Waals surface area contributed by atoms with E-state index in [-0.39, 0.29) is 18.1 Å². The van der Waals surface area contributed by atoms with Gasteiger partial charge in [-0.25, -0.2) is 4.39 Å². The summed E-state index contributed by atoms with van der Waals surface area (Å²) >= 11 is 1.49. The number of halogens is 1. The first-order valence-corrected chi connectivity index (χ1v) is 9.92. The number of nitrogens with zero attached hydrogens (tertiary/aromatic N) is 5. The number of tetrazole rings is 1. The van der Waals surface area contributed by atoms with E-state index < -0.39 is 0 Å². The third-order valence-corrected chi connectivity index (χ3v) is 5.51. The zero-order valence-corrected chi connectivity index (χ0v) is 16.4. The van der Waals surface area contributed by atoms with Gasteiger partial charge in [0.1, 0.15) is 12.0 Å². The fourth-order valence-electron chi connectivity index (χ4n) is 2.98. The van der Waals surface area contributed by atoms with Crippen LogP contribution < -0.4 is 10.2 Å². The van der Waals surface area contributed by atoms with E-state index in [1.807, 2.05) is 14.1 Å². The molecular weight excluding hydrogens is 379 g/mol. The average molecular weight is 400 g/mol. The van der Waals surface area contributed by atoms with Crippen LogP contribution in [0.4, 0.5) is 10.1 Å². The second-order valence-corrected chi connectivity index (χ2v) is 7.68. The van der Waals surface area contributed by atoms with Crippen molar-refractivity contribution < 1.29 is 9.13 Å². The van der Waals surface area contributed by atoms with Gasteiger partial charge in [-0.3, -0.25) is 5.32 Å². The van der Waals surface area contributed by atoms with Crippen molar-refractivity contribution in [3.63, 3.8) is 0 Å². The van der Waals surface area contributed by atoms with E-state index in [2.05, 4.69) is 50.0 Å². The summed E-state index contributed by atoms with van der Waals surface area (Å²) in [5.41, 5.74) is 2.84. The van der Waals surface area contributed by atoms with Gasteiger partial charge in [0.15, 0.2) is 0 Å². The summed E-state index contributed by atoms with van der Waals surface area (Å²) in [5, 5.41) is 15.7. The molecule has 1 aliphatic rings. The highest BCUT2D eigenvalue weighted by molar-refractivity contribution is 7.99. The normalized spacial score (nSPS) is 19.1. The van der Waals surface area contributed by atoms with Gasteiger partial charge in [0.25, 0.3) is 0 Å².